The molecule has 1 unspecified atom stereocenters. The molecular weight excluding hydrogens is 270 g/mol. The van der Waals surface area contributed by atoms with Crippen LogP contribution >= 0.6 is 0 Å². The quantitative estimate of drug-likeness (QED) is 0.777. The number of halogens is 1. The summed E-state index contributed by atoms with van der Waals surface area (Å²) in [6, 6.07) is 7.68. The van der Waals surface area contributed by atoms with E-state index in [1.54, 1.807) is 7.11 Å². The van der Waals surface area contributed by atoms with Crippen LogP contribution in [0.4, 0.5) is 4.39 Å². The average Bonchev–Trinajstić information content (AvgIpc) is 2.65. The molecule has 1 aromatic carbocycles. The Bertz CT molecular complexity index is 457. The molecule has 0 aliphatic carbocycles. The van der Waals surface area contributed by atoms with Crippen LogP contribution in [0.5, 0.6) is 5.75 Å². The number of ether oxygens (including phenoxy) is 1. The maximum absolute atomic E-state index is 14.4. The Morgan fingerprint density at radius 3 is 2.10 bits per heavy atom. The van der Waals surface area contributed by atoms with Crippen molar-refractivity contribution in [2.24, 2.45) is 0 Å². The standard InChI is InChI=1S/C16H24BFO3/c1-15(2)16(3,4)21-17(20-15)14(18)11-8-12-6-9-13(19-5)10-7-12/h6-7,9-10,14H,8,11H2,1-5H3. The van der Waals surface area contributed by atoms with Crippen molar-refractivity contribution in [3.8, 4) is 5.75 Å². The molecule has 0 radical (unpaired) electrons. The normalized spacial score (nSPS) is 21.3. The van der Waals surface area contributed by atoms with Crippen molar-refractivity contribution in [3.63, 3.8) is 0 Å². The van der Waals surface area contributed by atoms with Gasteiger partial charge in [0.15, 0.2) is 0 Å². The van der Waals surface area contributed by atoms with E-state index in [2.05, 4.69) is 0 Å². The Morgan fingerprint density at radius 2 is 1.62 bits per heavy atom. The lowest BCUT2D eigenvalue weighted by Crippen LogP contribution is -2.41. The zero-order chi connectivity index (χ0) is 15.7. The Morgan fingerprint density at radius 1 is 1.10 bits per heavy atom. The highest BCUT2D eigenvalue weighted by Gasteiger charge is 2.54. The van der Waals surface area contributed by atoms with Gasteiger partial charge in [-0.1, -0.05) is 12.1 Å². The smallest absolute Gasteiger partial charge is 0.494 e. The van der Waals surface area contributed by atoms with E-state index < -0.39 is 24.4 Å². The second-order valence-corrected chi connectivity index (χ2v) is 6.53. The van der Waals surface area contributed by atoms with Crippen LogP contribution in [0.25, 0.3) is 0 Å². The molecule has 1 aromatic rings. The lowest BCUT2D eigenvalue weighted by Gasteiger charge is -2.32. The Labute approximate surface area is 126 Å². The van der Waals surface area contributed by atoms with E-state index in [9.17, 15) is 4.39 Å². The third-order valence-corrected chi connectivity index (χ3v) is 4.43. The largest absolute Gasteiger partial charge is 0.497 e. The summed E-state index contributed by atoms with van der Waals surface area (Å²) in [5, 5.41) is 0. The monoisotopic (exact) mass is 294 g/mol. The molecule has 116 valence electrons. The van der Waals surface area contributed by atoms with Crippen molar-refractivity contribution in [3.05, 3.63) is 29.8 Å². The van der Waals surface area contributed by atoms with Crippen LogP contribution in [0.15, 0.2) is 24.3 Å². The SMILES string of the molecule is COc1ccc(CCC(F)B2OC(C)(C)C(C)(C)O2)cc1. The van der Waals surface area contributed by atoms with Crippen LogP contribution < -0.4 is 4.74 Å². The second kappa shape index (κ2) is 5.97. The molecule has 0 N–H and O–H groups in total. The third-order valence-electron chi connectivity index (χ3n) is 4.43. The first-order valence-corrected chi connectivity index (χ1v) is 7.38. The van der Waals surface area contributed by atoms with Gasteiger partial charge in [0.2, 0.25) is 0 Å². The van der Waals surface area contributed by atoms with E-state index in [0.29, 0.717) is 12.8 Å². The topological polar surface area (TPSA) is 27.7 Å². The van der Waals surface area contributed by atoms with Gasteiger partial charge in [-0.3, -0.25) is 4.39 Å². The lowest BCUT2D eigenvalue weighted by atomic mass is 9.79. The van der Waals surface area contributed by atoms with Crippen molar-refractivity contribution in [1.29, 1.82) is 0 Å². The summed E-state index contributed by atoms with van der Waals surface area (Å²) in [5.74, 6) is 0.807. The van der Waals surface area contributed by atoms with Gasteiger partial charge in [0.25, 0.3) is 0 Å². The summed E-state index contributed by atoms with van der Waals surface area (Å²) >= 11 is 0. The summed E-state index contributed by atoms with van der Waals surface area (Å²) in [7, 11) is 0.846. The van der Waals surface area contributed by atoms with Gasteiger partial charge in [-0.2, -0.15) is 0 Å². The molecule has 0 bridgehead atoms. The highest BCUT2D eigenvalue weighted by atomic mass is 19.1. The summed E-state index contributed by atoms with van der Waals surface area (Å²) in [6.07, 6.45) is -0.105. The molecule has 0 amide bonds. The number of benzene rings is 1. The molecule has 1 aliphatic rings. The zero-order valence-electron chi connectivity index (χ0n) is 13.5. The molecule has 0 saturated carbocycles. The van der Waals surface area contributed by atoms with Crippen LogP contribution in [-0.4, -0.2) is 31.5 Å². The van der Waals surface area contributed by atoms with Crippen LogP contribution in [0.1, 0.15) is 39.7 Å². The molecule has 1 aliphatic heterocycles. The minimum atomic E-state index is -1.13. The van der Waals surface area contributed by atoms with E-state index in [-0.39, 0.29) is 0 Å². The molecule has 0 spiro atoms. The second-order valence-electron chi connectivity index (χ2n) is 6.53. The van der Waals surface area contributed by atoms with Gasteiger partial charge in [0.05, 0.1) is 18.3 Å². The third kappa shape index (κ3) is 3.58. The minimum Gasteiger partial charge on any atom is -0.497 e. The Hall–Kier alpha value is -1.07. The van der Waals surface area contributed by atoms with E-state index in [1.807, 2.05) is 52.0 Å². The van der Waals surface area contributed by atoms with Crippen molar-refractivity contribution in [1.82, 2.24) is 0 Å². The predicted molar refractivity (Wildman–Crippen MR) is 82.3 cm³/mol. The number of hydrogen-bond acceptors (Lipinski definition) is 3. The van der Waals surface area contributed by atoms with Gasteiger partial charge >= 0.3 is 7.12 Å². The van der Waals surface area contributed by atoms with E-state index in [4.69, 9.17) is 14.0 Å². The molecular formula is C16H24BFO3. The summed E-state index contributed by atoms with van der Waals surface area (Å²) in [5.41, 5.74) is 0.111. The number of methoxy groups -OCH3 is 1. The maximum atomic E-state index is 14.4. The first-order chi connectivity index (χ1) is 9.75. The number of alkyl halides is 1. The molecule has 3 nitrogen and oxygen atoms in total. The summed E-state index contributed by atoms with van der Waals surface area (Å²) in [4.78, 5) is 0. The van der Waals surface area contributed by atoms with Gasteiger partial charge < -0.3 is 14.0 Å². The molecule has 5 heteroatoms. The lowest BCUT2D eigenvalue weighted by molar-refractivity contribution is 0.00578. The molecule has 1 saturated heterocycles. The fourth-order valence-electron chi connectivity index (χ4n) is 2.27. The Balaban J connectivity index is 1.89. The first-order valence-electron chi connectivity index (χ1n) is 7.38. The molecule has 0 aromatic heterocycles. The molecule has 21 heavy (non-hydrogen) atoms. The number of aryl methyl sites for hydroxylation is 1. The van der Waals surface area contributed by atoms with E-state index >= 15 is 0 Å². The number of rotatable bonds is 5. The van der Waals surface area contributed by atoms with Crippen molar-refractivity contribution >= 4 is 7.12 Å². The van der Waals surface area contributed by atoms with E-state index in [0.717, 1.165) is 11.3 Å². The molecule has 1 heterocycles. The number of hydrogen-bond donors (Lipinski definition) is 0. The Kier molecular flexibility index (Phi) is 4.64. The van der Waals surface area contributed by atoms with Gasteiger partial charge in [-0.25, -0.2) is 0 Å². The van der Waals surface area contributed by atoms with Crippen molar-refractivity contribution in [2.75, 3.05) is 7.11 Å². The fourth-order valence-corrected chi connectivity index (χ4v) is 2.27. The van der Waals surface area contributed by atoms with Crippen LogP contribution in [0.3, 0.4) is 0 Å². The van der Waals surface area contributed by atoms with Crippen molar-refractivity contribution in [2.45, 2.75) is 57.8 Å². The van der Waals surface area contributed by atoms with Gasteiger partial charge in [0, 0.05) is 0 Å². The molecule has 2 rings (SSSR count). The molecule has 1 fully saturated rings. The summed E-state index contributed by atoms with van der Waals surface area (Å²) < 4.78 is 30.9. The van der Waals surface area contributed by atoms with Crippen LogP contribution in [0, 0.1) is 0 Å². The van der Waals surface area contributed by atoms with Crippen molar-refractivity contribution < 1.29 is 18.4 Å². The molecule has 1 atom stereocenters. The predicted octanol–water partition coefficient (Wildman–Crippen LogP) is 3.60. The highest BCUT2D eigenvalue weighted by molar-refractivity contribution is 6.47. The maximum Gasteiger partial charge on any atom is 0.494 e. The fraction of sp³-hybridized carbons (Fsp3) is 0.625. The average molecular weight is 294 g/mol. The highest BCUT2D eigenvalue weighted by Crippen LogP contribution is 2.38. The van der Waals surface area contributed by atoms with E-state index in [1.165, 1.54) is 0 Å². The zero-order valence-corrected chi connectivity index (χ0v) is 13.5. The van der Waals surface area contributed by atoms with Gasteiger partial charge in [-0.05, 0) is 58.2 Å². The first kappa shape index (κ1) is 16.3. The van der Waals surface area contributed by atoms with Crippen LogP contribution in [-0.2, 0) is 15.7 Å². The van der Waals surface area contributed by atoms with Crippen LogP contribution in [0.2, 0.25) is 0 Å². The van der Waals surface area contributed by atoms with Gasteiger partial charge in [0.1, 0.15) is 11.8 Å². The summed E-state index contributed by atoms with van der Waals surface area (Å²) in [6.45, 7) is 7.73. The van der Waals surface area contributed by atoms with Gasteiger partial charge in [-0.15, -0.1) is 0 Å². The minimum absolute atomic E-state index is 0.378.